The van der Waals surface area contributed by atoms with Crippen LogP contribution in [0.5, 0.6) is 0 Å². The summed E-state index contributed by atoms with van der Waals surface area (Å²) in [5.41, 5.74) is 0.833. The van der Waals surface area contributed by atoms with Crippen LogP contribution in [0, 0.1) is 10.1 Å². The smallest absolute Gasteiger partial charge is 0.338 e. The standard InChI is InChI=1S/C21H21N3O6/c1-13(19-11-14-6-4-5-7-18(14)30-19)22-20(25)12-29-21(26)15-8-9-16(23(2)3)17(10-15)24(27)28/h4-11,13H,12H2,1-3H3,(H,22,25)/t13-/m1/s1. The third kappa shape index (κ3) is 4.57. The van der Waals surface area contributed by atoms with Crippen LogP contribution in [0.3, 0.4) is 0 Å². The lowest BCUT2D eigenvalue weighted by molar-refractivity contribution is -0.384. The molecule has 0 spiro atoms. The highest BCUT2D eigenvalue weighted by Crippen LogP contribution is 2.28. The number of carbonyl (C=O) groups is 2. The summed E-state index contributed by atoms with van der Waals surface area (Å²) in [6.07, 6.45) is 0. The van der Waals surface area contributed by atoms with Gasteiger partial charge in [-0.15, -0.1) is 0 Å². The van der Waals surface area contributed by atoms with Gasteiger partial charge in [-0.25, -0.2) is 4.79 Å². The Bertz CT molecular complexity index is 1070. The summed E-state index contributed by atoms with van der Waals surface area (Å²) in [5.74, 6) is -0.767. The predicted molar refractivity (Wildman–Crippen MR) is 110 cm³/mol. The number of ether oxygens (including phenoxy) is 1. The fourth-order valence-corrected chi connectivity index (χ4v) is 2.96. The van der Waals surface area contributed by atoms with Crippen LogP contribution in [0.25, 0.3) is 11.0 Å². The molecular weight excluding hydrogens is 390 g/mol. The van der Waals surface area contributed by atoms with Gasteiger partial charge in [-0.3, -0.25) is 14.9 Å². The first kappa shape index (κ1) is 20.8. The van der Waals surface area contributed by atoms with E-state index < -0.39 is 29.4 Å². The van der Waals surface area contributed by atoms with Crippen molar-refractivity contribution in [2.24, 2.45) is 0 Å². The molecule has 1 amide bonds. The summed E-state index contributed by atoms with van der Waals surface area (Å²) < 4.78 is 10.7. The number of nitro groups is 1. The Labute approximate surface area is 172 Å². The Hall–Kier alpha value is -3.88. The molecule has 1 N–H and O–H groups in total. The molecule has 0 aliphatic heterocycles. The number of esters is 1. The van der Waals surface area contributed by atoms with Crippen molar-refractivity contribution in [3.63, 3.8) is 0 Å². The Morgan fingerprint density at radius 2 is 1.93 bits per heavy atom. The fourth-order valence-electron chi connectivity index (χ4n) is 2.96. The maximum absolute atomic E-state index is 12.2. The number of anilines is 1. The van der Waals surface area contributed by atoms with E-state index in [0.717, 1.165) is 11.5 Å². The van der Waals surface area contributed by atoms with Gasteiger partial charge in [0.2, 0.25) is 0 Å². The number of nitro benzene ring substituents is 1. The molecule has 9 nitrogen and oxygen atoms in total. The number of hydrogen-bond acceptors (Lipinski definition) is 7. The Balaban J connectivity index is 1.60. The highest BCUT2D eigenvalue weighted by molar-refractivity contribution is 5.93. The maximum atomic E-state index is 12.2. The number of nitrogens with zero attached hydrogens (tertiary/aromatic N) is 2. The molecule has 9 heteroatoms. The zero-order chi connectivity index (χ0) is 21.8. The number of amides is 1. The number of nitrogens with one attached hydrogen (secondary N) is 1. The first-order chi connectivity index (χ1) is 14.3. The van der Waals surface area contributed by atoms with Crippen molar-refractivity contribution >= 4 is 34.2 Å². The van der Waals surface area contributed by atoms with Gasteiger partial charge in [0, 0.05) is 25.5 Å². The van der Waals surface area contributed by atoms with Crippen molar-refractivity contribution < 1.29 is 23.7 Å². The molecule has 0 bridgehead atoms. The highest BCUT2D eigenvalue weighted by atomic mass is 16.6. The minimum absolute atomic E-state index is 0.00886. The molecule has 3 aromatic rings. The monoisotopic (exact) mass is 411 g/mol. The van der Waals surface area contributed by atoms with Crippen LogP contribution in [0.1, 0.15) is 29.1 Å². The molecule has 0 unspecified atom stereocenters. The van der Waals surface area contributed by atoms with Gasteiger partial charge in [-0.2, -0.15) is 0 Å². The fraction of sp³-hybridized carbons (Fsp3) is 0.238. The van der Waals surface area contributed by atoms with E-state index in [4.69, 9.17) is 9.15 Å². The number of furan rings is 1. The van der Waals surface area contributed by atoms with Gasteiger partial charge >= 0.3 is 5.97 Å². The second kappa shape index (κ2) is 8.64. The van der Waals surface area contributed by atoms with Crippen molar-refractivity contribution in [3.05, 3.63) is 70.0 Å². The molecule has 1 aromatic heterocycles. The number of hydrogen-bond donors (Lipinski definition) is 1. The number of carbonyl (C=O) groups excluding carboxylic acids is 2. The van der Waals surface area contributed by atoms with Gasteiger partial charge in [0.1, 0.15) is 17.0 Å². The van der Waals surface area contributed by atoms with Crippen LogP contribution in [0.2, 0.25) is 0 Å². The topological polar surface area (TPSA) is 115 Å². The lowest BCUT2D eigenvalue weighted by atomic mass is 10.1. The minimum atomic E-state index is -0.824. The summed E-state index contributed by atoms with van der Waals surface area (Å²) in [6.45, 7) is 1.23. The molecule has 156 valence electrons. The van der Waals surface area contributed by atoms with Crippen molar-refractivity contribution in [1.82, 2.24) is 5.32 Å². The molecule has 3 rings (SSSR count). The normalized spacial score (nSPS) is 11.7. The molecule has 0 radical (unpaired) electrons. The molecule has 0 saturated carbocycles. The number of para-hydroxylation sites is 1. The van der Waals surface area contributed by atoms with Gasteiger partial charge in [-0.05, 0) is 31.2 Å². The lowest BCUT2D eigenvalue weighted by Crippen LogP contribution is -2.31. The summed E-state index contributed by atoms with van der Waals surface area (Å²) >= 11 is 0. The van der Waals surface area contributed by atoms with Crippen molar-refractivity contribution in [2.75, 3.05) is 25.6 Å². The lowest BCUT2D eigenvalue weighted by Gasteiger charge is -2.14. The second-order valence-electron chi connectivity index (χ2n) is 6.91. The molecule has 1 atom stereocenters. The van der Waals surface area contributed by atoms with Crippen LogP contribution in [-0.4, -0.2) is 37.5 Å². The molecule has 0 saturated heterocycles. The van der Waals surface area contributed by atoms with Crippen molar-refractivity contribution in [3.8, 4) is 0 Å². The van der Waals surface area contributed by atoms with Crippen LogP contribution in [-0.2, 0) is 9.53 Å². The Morgan fingerprint density at radius 1 is 1.20 bits per heavy atom. The average Bonchev–Trinajstić information content (AvgIpc) is 3.16. The molecule has 0 aliphatic rings. The van der Waals surface area contributed by atoms with E-state index in [1.54, 1.807) is 25.9 Å². The van der Waals surface area contributed by atoms with Gasteiger partial charge in [0.25, 0.3) is 11.6 Å². The van der Waals surface area contributed by atoms with E-state index in [9.17, 15) is 19.7 Å². The van der Waals surface area contributed by atoms with Gasteiger partial charge < -0.3 is 19.4 Å². The quantitative estimate of drug-likeness (QED) is 0.360. The largest absolute Gasteiger partial charge is 0.459 e. The van der Waals surface area contributed by atoms with Crippen LogP contribution < -0.4 is 10.2 Å². The number of benzene rings is 2. The average molecular weight is 411 g/mol. The van der Waals surface area contributed by atoms with Crippen LogP contribution in [0.15, 0.2) is 52.9 Å². The van der Waals surface area contributed by atoms with E-state index in [1.165, 1.54) is 12.1 Å². The van der Waals surface area contributed by atoms with E-state index in [2.05, 4.69) is 5.32 Å². The second-order valence-corrected chi connectivity index (χ2v) is 6.91. The van der Waals surface area contributed by atoms with E-state index in [0.29, 0.717) is 17.0 Å². The first-order valence-electron chi connectivity index (χ1n) is 9.17. The molecule has 1 heterocycles. The highest BCUT2D eigenvalue weighted by Gasteiger charge is 2.21. The summed E-state index contributed by atoms with van der Waals surface area (Å²) in [7, 11) is 3.32. The molecular formula is C21H21N3O6. The van der Waals surface area contributed by atoms with Gasteiger partial charge in [-0.1, -0.05) is 18.2 Å². The molecule has 30 heavy (non-hydrogen) atoms. The van der Waals surface area contributed by atoms with Gasteiger partial charge in [0.15, 0.2) is 6.61 Å². The summed E-state index contributed by atoms with van der Waals surface area (Å²) in [5, 5.41) is 14.9. The Kier molecular flexibility index (Phi) is 6.01. The third-order valence-corrected chi connectivity index (χ3v) is 4.47. The summed E-state index contributed by atoms with van der Waals surface area (Å²) in [6, 6.07) is 12.9. The van der Waals surface area contributed by atoms with E-state index >= 15 is 0 Å². The zero-order valence-electron chi connectivity index (χ0n) is 16.7. The van der Waals surface area contributed by atoms with Crippen molar-refractivity contribution in [2.45, 2.75) is 13.0 Å². The number of fused-ring (bicyclic) bond motifs is 1. The zero-order valence-corrected chi connectivity index (χ0v) is 16.7. The molecule has 0 fully saturated rings. The first-order valence-corrected chi connectivity index (χ1v) is 9.17. The number of rotatable bonds is 7. The maximum Gasteiger partial charge on any atom is 0.338 e. The van der Waals surface area contributed by atoms with Gasteiger partial charge in [0.05, 0.1) is 16.5 Å². The SMILES string of the molecule is C[C@@H](NC(=O)COC(=O)c1ccc(N(C)C)c([N+](=O)[O-])c1)c1cc2ccccc2o1. The molecule has 0 aliphatic carbocycles. The molecule has 2 aromatic carbocycles. The van der Waals surface area contributed by atoms with Crippen molar-refractivity contribution in [1.29, 1.82) is 0 Å². The predicted octanol–water partition coefficient (Wildman–Crippen LogP) is 3.44. The summed E-state index contributed by atoms with van der Waals surface area (Å²) in [4.78, 5) is 36.6. The van der Waals surface area contributed by atoms with E-state index in [-0.39, 0.29) is 11.3 Å². The van der Waals surface area contributed by atoms with E-state index in [1.807, 2.05) is 30.3 Å². The van der Waals surface area contributed by atoms with Crippen LogP contribution in [0.4, 0.5) is 11.4 Å². The minimum Gasteiger partial charge on any atom is -0.459 e. The Morgan fingerprint density at radius 3 is 2.60 bits per heavy atom. The van der Waals surface area contributed by atoms with Crippen LogP contribution >= 0.6 is 0 Å². The third-order valence-electron chi connectivity index (χ3n) is 4.47.